The fraction of sp³-hybridized carbons (Fsp3) is 0.500. The Morgan fingerprint density at radius 1 is 1.69 bits per heavy atom. The summed E-state index contributed by atoms with van der Waals surface area (Å²) < 4.78 is 3.75. The minimum Gasteiger partial charge on any atom is -0.361 e. The van der Waals surface area contributed by atoms with Crippen LogP contribution in [0.4, 0.5) is 0 Å². The van der Waals surface area contributed by atoms with Gasteiger partial charge in [-0.25, -0.2) is 0 Å². The predicted octanol–water partition coefficient (Wildman–Crippen LogP) is 0.830. The molecule has 0 aliphatic heterocycles. The third-order valence-electron chi connectivity index (χ3n) is 1.79. The van der Waals surface area contributed by atoms with E-state index in [0.717, 1.165) is 0 Å². The molecule has 13 heavy (non-hydrogen) atoms. The first-order valence-corrected chi connectivity index (χ1v) is 4.27. The molecule has 1 saturated carbocycles. The van der Waals surface area contributed by atoms with E-state index < -0.39 is 10.2 Å². The van der Waals surface area contributed by atoms with Crippen molar-refractivity contribution in [1.29, 1.82) is 0 Å². The summed E-state index contributed by atoms with van der Waals surface area (Å²) in [7, 11) is 0. The second kappa shape index (κ2) is 2.59. The first kappa shape index (κ1) is 8.77. The number of carbonyl (C=O) groups excluding carboxylic acids is 1. The molecule has 0 saturated heterocycles. The Bertz CT molecular complexity index is 363. The van der Waals surface area contributed by atoms with Crippen LogP contribution in [0.2, 0.25) is 0 Å². The van der Waals surface area contributed by atoms with Gasteiger partial charge in [0, 0.05) is 0 Å². The van der Waals surface area contributed by atoms with Gasteiger partial charge in [0.1, 0.15) is 4.33 Å². The van der Waals surface area contributed by atoms with Gasteiger partial charge in [0.2, 0.25) is 0 Å². The summed E-state index contributed by atoms with van der Waals surface area (Å²) in [6.07, 6.45) is 0.563. The van der Waals surface area contributed by atoms with Crippen LogP contribution in [-0.2, 0) is 0 Å². The normalized spacial score (nSPS) is 24.3. The maximum atomic E-state index is 10.6. The van der Waals surface area contributed by atoms with Gasteiger partial charge in [-0.05, 0) is 6.42 Å². The zero-order valence-electron chi connectivity index (χ0n) is 6.33. The van der Waals surface area contributed by atoms with Crippen molar-refractivity contribution in [3.63, 3.8) is 0 Å². The number of amides is 1. The van der Waals surface area contributed by atoms with E-state index in [0.29, 0.717) is 12.2 Å². The van der Waals surface area contributed by atoms with E-state index in [-0.39, 0.29) is 11.8 Å². The van der Waals surface area contributed by atoms with Crippen molar-refractivity contribution in [2.75, 3.05) is 0 Å². The van der Waals surface area contributed by atoms with Gasteiger partial charge in [0.15, 0.2) is 5.82 Å². The second-order valence-corrected chi connectivity index (χ2v) is 4.38. The Morgan fingerprint density at radius 2 is 2.31 bits per heavy atom. The molecule has 1 fully saturated rings. The van der Waals surface area contributed by atoms with Crippen LogP contribution in [0, 0.1) is 0 Å². The summed E-state index contributed by atoms with van der Waals surface area (Å²) in [6, 6.07) is 0. The van der Waals surface area contributed by atoms with Gasteiger partial charge in [-0.2, -0.15) is 4.98 Å². The highest BCUT2D eigenvalue weighted by molar-refractivity contribution is 6.51. The maximum Gasteiger partial charge on any atom is 0.315 e. The third kappa shape index (κ3) is 1.49. The third-order valence-corrected chi connectivity index (χ3v) is 2.63. The fourth-order valence-electron chi connectivity index (χ4n) is 0.970. The van der Waals surface area contributed by atoms with E-state index in [9.17, 15) is 4.79 Å². The van der Waals surface area contributed by atoms with Gasteiger partial charge >= 0.3 is 11.8 Å². The summed E-state index contributed by atoms with van der Waals surface area (Å²) in [4.78, 5) is 14.3. The van der Waals surface area contributed by atoms with Gasteiger partial charge in [-0.1, -0.05) is 5.16 Å². The molecule has 0 radical (unpaired) electrons. The molecule has 0 spiro atoms. The Hall–Kier alpha value is -0.810. The molecule has 1 amide bonds. The van der Waals surface area contributed by atoms with Crippen molar-refractivity contribution in [3.8, 4) is 0 Å². The summed E-state index contributed by atoms with van der Waals surface area (Å²) in [6.45, 7) is 0. The number of nitrogens with zero attached hydrogens (tertiary/aromatic N) is 2. The molecule has 7 heteroatoms. The summed E-state index contributed by atoms with van der Waals surface area (Å²) >= 11 is 11.5. The van der Waals surface area contributed by atoms with Gasteiger partial charge in [0.05, 0.1) is 5.92 Å². The number of aromatic nitrogens is 2. The molecule has 0 bridgehead atoms. The predicted molar refractivity (Wildman–Crippen MR) is 44.6 cm³/mol. The van der Waals surface area contributed by atoms with Crippen LogP contribution in [0.3, 0.4) is 0 Å². The van der Waals surface area contributed by atoms with E-state index in [1.807, 2.05) is 0 Å². The molecule has 0 aromatic carbocycles. The molecule has 1 aliphatic rings. The molecule has 70 valence electrons. The highest BCUT2D eigenvalue weighted by atomic mass is 35.5. The molecule has 1 atom stereocenters. The monoisotopic (exact) mass is 221 g/mol. The van der Waals surface area contributed by atoms with Crippen molar-refractivity contribution >= 4 is 29.1 Å². The quantitative estimate of drug-likeness (QED) is 0.751. The van der Waals surface area contributed by atoms with Crippen molar-refractivity contribution < 1.29 is 9.32 Å². The number of rotatable bonds is 2. The van der Waals surface area contributed by atoms with Crippen molar-refractivity contribution in [1.82, 2.24) is 10.1 Å². The summed E-state index contributed by atoms with van der Waals surface area (Å²) in [5.41, 5.74) is 4.91. The van der Waals surface area contributed by atoms with Crippen LogP contribution in [0.5, 0.6) is 0 Å². The average molecular weight is 222 g/mol. The van der Waals surface area contributed by atoms with Crippen LogP contribution in [0.1, 0.15) is 28.8 Å². The Balaban J connectivity index is 2.20. The first-order valence-electron chi connectivity index (χ1n) is 3.52. The van der Waals surface area contributed by atoms with E-state index >= 15 is 0 Å². The lowest BCUT2D eigenvalue weighted by atomic mass is 10.4. The maximum absolute atomic E-state index is 10.6. The van der Waals surface area contributed by atoms with Crippen LogP contribution in [0.15, 0.2) is 4.52 Å². The number of alkyl halides is 2. The minimum absolute atomic E-state index is 0.160. The van der Waals surface area contributed by atoms with Gasteiger partial charge in [-0.15, -0.1) is 23.2 Å². The van der Waals surface area contributed by atoms with E-state index in [4.69, 9.17) is 28.9 Å². The number of hydrogen-bond acceptors (Lipinski definition) is 4. The molecular weight excluding hydrogens is 217 g/mol. The van der Waals surface area contributed by atoms with Gasteiger partial charge in [0.25, 0.3) is 0 Å². The standard InChI is InChI=1S/C6H5Cl2N3O2/c7-6(8)1-2(6)4-10-5(3(9)12)13-11-4/h2H,1H2,(H2,9,12). The van der Waals surface area contributed by atoms with Crippen molar-refractivity contribution in [2.45, 2.75) is 16.7 Å². The Kier molecular flexibility index (Phi) is 1.75. The second-order valence-electron chi connectivity index (χ2n) is 2.84. The SMILES string of the molecule is NC(=O)c1nc(C2CC2(Cl)Cl)no1. The van der Waals surface area contributed by atoms with Crippen LogP contribution in [0.25, 0.3) is 0 Å². The molecular formula is C6H5Cl2N3O2. The average Bonchev–Trinajstić information content (AvgIpc) is 2.50. The molecule has 2 N–H and O–H groups in total. The van der Waals surface area contributed by atoms with E-state index in [1.165, 1.54) is 0 Å². The fourth-order valence-corrected chi connectivity index (χ4v) is 1.47. The number of halogens is 2. The van der Waals surface area contributed by atoms with Crippen molar-refractivity contribution in [3.05, 3.63) is 11.7 Å². The van der Waals surface area contributed by atoms with Crippen LogP contribution < -0.4 is 5.73 Å². The highest BCUT2D eigenvalue weighted by Crippen LogP contribution is 2.58. The molecule has 1 heterocycles. The molecule has 1 aliphatic carbocycles. The largest absolute Gasteiger partial charge is 0.361 e. The number of nitrogens with two attached hydrogens (primary N) is 1. The molecule has 2 rings (SSSR count). The number of primary amides is 1. The number of hydrogen-bond donors (Lipinski definition) is 1. The topological polar surface area (TPSA) is 82.0 Å². The molecule has 1 unspecified atom stereocenters. The lowest BCUT2D eigenvalue weighted by molar-refractivity contribution is 0.0958. The lowest BCUT2D eigenvalue weighted by Crippen LogP contribution is -2.11. The molecule has 1 aromatic heterocycles. The highest BCUT2D eigenvalue weighted by Gasteiger charge is 2.55. The van der Waals surface area contributed by atoms with E-state index in [1.54, 1.807) is 0 Å². The van der Waals surface area contributed by atoms with Gasteiger partial charge < -0.3 is 10.3 Å². The van der Waals surface area contributed by atoms with Gasteiger partial charge in [-0.3, -0.25) is 4.79 Å². The smallest absolute Gasteiger partial charge is 0.315 e. The zero-order chi connectivity index (χ0) is 9.64. The first-order chi connectivity index (χ1) is 6.00. The summed E-state index contributed by atoms with van der Waals surface area (Å²) in [5, 5.41) is 3.54. The lowest BCUT2D eigenvalue weighted by Gasteiger charge is -1.90. The van der Waals surface area contributed by atoms with Crippen LogP contribution in [-0.4, -0.2) is 20.4 Å². The summed E-state index contributed by atoms with van der Waals surface area (Å²) in [5.74, 6) is -0.799. The minimum atomic E-state index is -0.821. The molecule has 5 nitrogen and oxygen atoms in total. The molecule has 1 aromatic rings. The Labute approximate surface area is 83.2 Å². The zero-order valence-corrected chi connectivity index (χ0v) is 7.84. The van der Waals surface area contributed by atoms with Crippen LogP contribution >= 0.6 is 23.2 Å². The van der Waals surface area contributed by atoms with E-state index in [2.05, 4.69) is 14.7 Å². The van der Waals surface area contributed by atoms with Crippen molar-refractivity contribution in [2.24, 2.45) is 5.73 Å². The Morgan fingerprint density at radius 3 is 2.69 bits per heavy atom. The number of carbonyl (C=O) groups is 1.